The number of benzene rings is 1. The van der Waals surface area contributed by atoms with Gasteiger partial charge in [-0.15, -0.1) is 11.3 Å². The lowest BCUT2D eigenvalue weighted by Crippen LogP contribution is -2.29. The van der Waals surface area contributed by atoms with Crippen LogP contribution in [0.3, 0.4) is 0 Å². The molecule has 30 heavy (non-hydrogen) atoms. The van der Waals surface area contributed by atoms with Gasteiger partial charge in [0.05, 0.1) is 11.7 Å². The van der Waals surface area contributed by atoms with Crippen molar-refractivity contribution in [3.63, 3.8) is 0 Å². The molecule has 0 fully saturated rings. The summed E-state index contributed by atoms with van der Waals surface area (Å²) < 4.78 is 15.1. The Labute approximate surface area is 182 Å². The van der Waals surface area contributed by atoms with Gasteiger partial charge in [0.15, 0.2) is 0 Å². The third kappa shape index (κ3) is 4.75. The van der Waals surface area contributed by atoms with Gasteiger partial charge in [-0.05, 0) is 42.9 Å². The number of thiophene rings is 1. The maximum absolute atomic E-state index is 13.6. The Balaban J connectivity index is 1.26. The van der Waals surface area contributed by atoms with Crippen molar-refractivity contribution < 1.29 is 9.18 Å². The van der Waals surface area contributed by atoms with Gasteiger partial charge in [0, 0.05) is 35.9 Å². The van der Waals surface area contributed by atoms with Gasteiger partial charge in [0.25, 0.3) is 5.56 Å². The van der Waals surface area contributed by atoms with E-state index in [0.29, 0.717) is 30.2 Å². The molecule has 5 nitrogen and oxygen atoms in total. The minimum Gasteiger partial charge on any atom is -0.355 e. The van der Waals surface area contributed by atoms with Gasteiger partial charge in [0.1, 0.15) is 10.6 Å². The summed E-state index contributed by atoms with van der Waals surface area (Å²) in [6.45, 7) is 0.836. The smallest absolute Gasteiger partial charge is 0.262 e. The van der Waals surface area contributed by atoms with Crippen LogP contribution in [0.15, 0.2) is 35.4 Å². The van der Waals surface area contributed by atoms with Gasteiger partial charge < -0.3 is 5.32 Å². The fourth-order valence-corrected chi connectivity index (χ4v) is 5.78. The zero-order chi connectivity index (χ0) is 20.9. The maximum Gasteiger partial charge on any atom is 0.262 e. The van der Waals surface area contributed by atoms with Crippen molar-refractivity contribution in [2.75, 3.05) is 12.3 Å². The molecule has 8 heteroatoms. The van der Waals surface area contributed by atoms with Crippen molar-refractivity contribution in [1.82, 2.24) is 14.9 Å². The first-order valence-corrected chi connectivity index (χ1v) is 12.2. The van der Waals surface area contributed by atoms with Gasteiger partial charge in [-0.1, -0.05) is 18.2 Å². The van der Waals surface area contributed by atoms with Crippen LogP contribution in [0, 0.1) is 5.82 Å². The van der Waals surface area contributed by atoms with E-state index in [4.69, 9.17) is 0 Å². The summed E-state index contributed by atoms with van der Waals surface area (Å²) in [6, 6.07) is 6.72. The Morgan fingerprint density at radius 3 is 2.97 bits per heavy atom. The minimum atomic E-state index is -0.197. The number of carbonyl (C=O) groups is 1. The van der Waals surface area contributed by atoms with E-state index >= 15 is 0 Å². The zero-order valence-corrected chi connectivity index (χ0v) is 18.3. The van der Waals surface area contributed by atoms with E-state index in [2.05, 4.69) is 10.3 Å². The number of amides is 1. The van der Waals surface area contributed by atoms with Gasteiger partial charge >= 0.3 is 0 Å². The monoisotopic (exact) mass is 445 g/mol. The Morgan fingerprint density at radius 1 is 1.27 bits per heavy atom. The molecule has 0 unspecified atom stereocenters. The van der Waals surface area contributed by atoms with Crippen LogP contribution in [0.5, 0.6) is 0 Å². The third-order valence-electron chi connectivity index (χ3n) is 5.31. The molecule has 3 aromatic rings. The summed E-state index contributed by atoms with van der Waals surface area (Å²) in [4.78, 5) is 31.6. The van der Waals surface area contributed by atoms with Gasteiger partial charge in [0.2, 0.25) is 5.91 Å². The van der Waals surface area contributed by atoms with E-state index in [9.17, 15) is 14.0 Å². The molecule has 1 aliphatic carbocycles. The van der Waals surface area contributed by atoms with Crippen molar-refractivity contribution in [2.45, 2.75) is 44.4 Å². The summed E-state index contributed by atoms with van der Waals surface area (Å²) >= 11 is 3.21. The second-order valence-corrected chi connectivity index (χ2v) is 9.57. The number of nitrogens with zero attached hydrogens (tertiary/aromatic N) is 2. The molecule has 1 aliphatic rings. The Kier molecular flexibility index (Phi) is 6.84. The van der Waals surface area contributed by atoms with E-state index in [1.807, 2.05) is 6.07 Å². The van der Waals surface area contributed by atoms with Crippen LogP contribution in [0.1, 0.15) is 35.3 Å². The first-order valence-electron chi connectivity index (χ1n) is 10.2. The van der Waals surface area contributed by atoms with E-state index in [0.717, 1.165) is 29.5 Å². The molecule has 0 atom stereocenters. The molecule has 1 amide bonds. The Bertz CT molecular complexity index is 1110. The number of aromatic nitrogens is 2. The average molecular weight is 446 g/mol. The average Bonchev–Trinajstić information content (AvgIpc) is 3.13. The number of hydrogen-bond acceptors (Lipinski definition) is 5. The normalized spacial score (nSPS) is 13.4. The molecule has 0 saturated carbocycles. The highest BCUT2D eigenvalue weighted by Crippen LogP contribution is 2.33. The molecule has 0 aliphatic heterocycles. The number of halogens is 1. The molecular weight excluding hydrogens is 421 g/mol. The standard InChI is InChI=1S/C22H24FN3O2S2/c23-17-7-3-1-5-15(17)13-29-12-10-24-19(27)9-11-26-14-25-21-20(22(26)28)16-6-2-4-8-18(16)30-21/h1,3,5,7,14H,2,4,6,8-13H2,(H,24,27). The fourth-order valence-electron chi connectivity index (χ4n) is 3.71. The Morgan fingerprint density at radius 2 is 2.10 bits per heavy atom. The van der Waals surface area contributed by atoms with Crippen molar-refractivity contribution in [3.05, 3.63) is 62.8 Å². The Hall–Kier alpha value is -2.19. The summed E-state index contributed by atoms with van der Waals surface area (Å²) in [7, 11) is 0. The quantitative estimate of drug-likeness (QED) is 0.534. The van der Waals surface area contributed by atoms with Crippen molar-refractivity contribution in [3.8, 4) is 0 Å². The van der Waals surface area contributed by atoms with Gasteiger partial charge in [-0.2, -0.15) is 11.8 Å². The van der Waals surface area contributed by atoms with E-state index in [1.165, 1.54) is 22.9 Å². The molecule has 2 heterocycles. The van der Waals surface area contributed by atoms with E-state index in [-0.39, 0.29) is 23.7 Å². The number of fused-ring (bicyclic) bond motifs is 3. The number of hydrogen-bond donors (Lipinski definition) is 1. The topological polar surface area (TPSA) is 64.0 Å². The molecule has 0 bridgehead atoms. The lowest BCUT2D eigenvalue weighted by atomic mass is 9.97. The van der Waals surface area contributed by atoms with Crippen LogP contribution in [0.25, 0.3) is 10.2 Å². The number of nitrogens with one attached hydrogen (secondary N) is 1. The van der Waals surface area contributed by atoms with Gasteiger partial charge in [-0.3, -0.25) is 14.2 Å². The summed E-state index contributed by atoms with van der Waals surface area (Å²) in [6.07, 6.45) is 6.06. The molecule has 158 valence electrons. The van der Waals surface area contributed by atoms with Crippen molar-refractivity contribution >= 4 is 39.2 Å². The first kappa shape index (κ1) is 21.1. The molecule has 2 aromatic heterocycles. The first-order chi connectivity index (χ1) is 14.6. The zero-order valence-electron chi connectivity index (χ0n) is 16.7. The molecule has 0 spiro atoms. The number of thioether (sulfide) groups is 1. The minimum absolute atomic E-state index is 0.0346. The van der Waals surface area contributed by atoms with Crippen LogP contribution in [0.2, 0.25) is 0 Å². The highest BCUT2D eigenvalue weighted by molar-refractivity contribution is 7.98. The highest BCUT2D eigenvalue weighted by atomic mass is 32.2. The van der Waals surface area contributed by atoms with E-state index < -0.39 is 0 Å². The van der Waals surface area contributed by atoms with Gasteiger partial charge in [-0.25, -0.2) is 9.37 Å². The van der Waals surface area contributed by atoms with Crippen LogP contribution in [-0.4, -0.2) is 27.8 Å². The molecule has 0 saturated heterocycles. The van der Waals surface area contributed by atoms with E-state index in [1.54, 1.807) is 46.1 Å². The third-order valence-corrected chi connectivity index (χ3v) is 7.51. The lowest BCUT2D eigenvalue weighted by Gasteiger charge is -2.10. The predicted octanol–water partition coefficient (Wildman–Crippen LogP) is 3.92. The summed E-state index contributed by atoms with van der Waals surface area (Å²) in [5.74, 6) is 0.987. The largest absolute Gasteiger partial charge is 0.355 e. The summed E-state index contributed by atoms with van der Waals surface area (Å²) in [5, 5.41) is 3.62. The second kappa shape index (κ2) is 9.75. The molecular formula is C22H24FN3O2S2. The maximum atomic E-state index is 13.6. The second-order valence-electron chi connectivity index (χ2n) is 7.38. The lowest BCUT2D eigenvalue weighted by molar-refractivity contribution is -0.121. The SMILES string of the molecule is O=C(CCn1cnc2sc3c(c2c1=O)CCCC3)NCCSCc1ccccc1F. The van der Waals surface area contributed by atoms with Crippen molar-refractivity contribution in [2.24, 2.45) is 0 Å². The van der Waals surface area contributed by atoms with Crippen LogP contribution >= 0.6 is 23.1 Å². The molecule has 1 aromatic carbocycles. The summed E-state index contributed by atoms with van der Waals surface area (Å²) in [5.41, 5.74) is 1.81. The van der Waals surface area contributed by atoms with Crippen LogP contribution in [-0.2, 0) is 29.9 Å². The van der Waals surface area contributed by atoms with Crippen molar-refractivity contribution in [1.29, 1.82) is 0 Å². The predicted molar refractivity (Wildman–Crippen MR) is 121 cm³/mol. The molecule has 4 rings (SSSR count). The highest BCUT2D eigenvalue weighted by Gasteiger charge is 2.20. The number of carbonyl (C=O) groups excluding carboxylic acids is 1. The van der Waals surface area contributed by atoms with Crippen LogP contribution in [0.4, 0.5) is 4.39 Å². The molecule has 1 N–H and O–H groups in total. The molecule has 0 radical (unpaired) electrons. The fraction of sp³-hybridized carbons (Fsp3) is 0.409. The number of aryl methyl sites for hydroxylation is 3. The number of rotatable bonds is 8. The van der Waals surface area contributed by atoms with Crippen LogP contribution < -0.4 is 10.9 Å².